The van der Waals surface area contributed by atoms with E-state index < -0.39 is 36.2 Å². The number of fused-ring (bicyclic) bond motifs is 1. The van der Waals surface area contributed by atoms with E-state index in [0.717, 1.165) is 6.42 Å². The average Bonchev–Trinajstić information content (AvgIpc) is 3.27. The van der Waals surface area contributed by atoms with Crippen LogP contribution in [-0.2, 0) is 23.9 Å². The third kappa shape index (κ3) is 3.14. The summed E-state index contributed by atoms with van der Waals surface area (Å²) in [5, 5.41) is 0.244. The number of rotatable bonds is 4. The summed E-state index contributed by atoms with van der Waals surface area (Å²) in [5.74, 6) is -3.06. The molecule has 0 aromatic heterocycles. The van der Waals surface area contributed by atoms with E-state index in [9.17, 15) is 19.2 Å². The van der Waals surface area contributed by atoms with Crippen molar-refractivity contribution in [3.05, 3.63) is 34.9 Å². The highest BCUT2D eigenvalue weighted by atomic mass is 35.5. The highest BCUT2D eigenvalue weighted by Crippen LogP contribution is 2.57. The lowest BCUT2D eigenvalue weighted by atomic mass is 9.80. The smallest absolute Gasteiger partial charge is 0.310 e. The van der Waals surface area contributed by atoms with Crippen molar-refractivity contribution in [2.75, 3.05) is 6.61 Å². The van der Waals surface area contributed by atoms with Crippen molar-refractivity contribution in [1.82, 2.24) is 10.9 Å². The number of ether oxygens (including phenoxy) is 2. The van der Waals surface area contributed by atoms with Gasteiger partial charge < -0.3 is 9.47 Å². The largest absolute Gasteiger partial charge is 0.462 e. The van der Waals surface area contributed by atoms with Gasteiger partial charge in [0.1, 0.15) is 6.10 Å². The molecule has 2 aliphatic carbocycles. The molecule has 142 valence electrons. The van der Waals surface area contributed by atoms with E-state index in [-0.39, 0.29) is 34.5 Å². The number of carbonyl (C=O) groups excluding carboxylic acids is 4. The molecule has 0 unspecified atom stereocenters. The molecule has 5 atom stereocenters. The van der Waals surface area contributed by atoms with Crippen LogP contribution < -0.4 is 10.9 Å². The molecule has 2 bridgehead atoms. The van der Waals surface area contributed by atoms with Gasteiger partial charge in [-0.25, -0.2) is 0 Å². The van der Waals surface area contributed by atoms with Gasteiger partial charge in [-0.05, 0) is 30.9 Å². The summed E-state index contributed by atoms with van der Waals surface area (Å²) in [6, 6.07) is 6.37. The molecule has 2 N–H and O–H groups in total. The van der Waals surface area contributed by atoms with Gasteiger partial charge in [0.05, 0.1) is 22.4 Å². The van der Waals surface area contributed by atoms with E-state index in [1.54, 1.807) is 18.2 Å². The van der Waals surface area contributed by atoms with Gasteiger partial charge in [-0.2, -0.15) is 0 Å². The second kappa shape index (κ2) is 6.84. The normalized spacial score (nSPS) is 30.0. The first-order valence-corrected chi connectivity index (χ1v) is 9.04. The van der Waals surface area contributed by atoms with Crippen molar-refractivity contribution in [1.29, 1.82) is 0 Å². The first-order chi connectivity index (χ1) is 13.0. The number of hydrogen-bond donors (Lipinski definition) is 2. The summed E-state index contributed by atoms with van der Waals surface area (Å²) in [6.07, 6.45) is 1.38. The van der Waals surface area contributed by atoms with Crippen LogP contribution in [0.1, 0.15) is 23.2 Å². The molecular weight excluding hydrogens is 376 g/mol. The molecule has 0 radical (unpaired) electrons. The molecule has 8 nitrogen and oxygen atoms in total. The van der Waals surface area contributed by atoms with Crippen molar-refractivity contribution in [3.8, 4) is 0 Å². The van der Waals surface area contributed by atoms with Crippen LogP contribution in [-0.4, -0.2) is 36.5 Å². The molecule has 2 amide bonds. The molecule has 2 saturated carbocycles. The van der Waals surface area contributed by atoms with E-state index in [1.165, 1.54) is 6.07 Å². The third-order valence-electron chi connectivity index (χ3n) is 5.53. The summed E-state index contributed by atoms with van der Waals surface area (Å²) < 4.78 is 10.3. The number of esters is 2. The van der Waals surface area contributed by atoms with Gasteiger partial charge in [0.25, 0.3) is 11.8 Å². The average molecular weight is 393 g/mol. The summed E-state index contributed by atoms with van der Waals surface area (Å²) in [6.45, 7) is -0.555. The van der Waals surface area contributed by atoms with Crippen LogP contribution in [0.3, 0.4) is 0 Å². The lowest BCUT2D eigenvalue weighted by Gasteiger charge is -2.22. The van der Waals surface area contributed by atoms with Gasteiger partial charge in [0.15, 0.2) is 6.61 Å². The number of benzene rings is 1. The van der Waals surface area contributed by atoms with E-state index in [2.05, 4.69) is 10.9 Å². The Kier molecular flexibility index (Phi) is 4.51. The zero-order chi connectivity index (χ0) is 19.1. The minimum absolute atomic E-state index is 0.0620. The van der Waals surface area contributed by atoms with E-state index in [4.69, 9.17) is 21.1 Å². The van der Waals surface area contributed by atoms with Crippen LogP contribution in [0.2, 0.25) is 5.02 Å². The SMILES string of the molecule is O=C(COC(=O)[C@@H]1[C@@H]2C[C@H]3[C@@H]1C(=O)O[C@@H]3C2)NNC(=O)c1ccccc1Cl. The lowest BCUT2D eigenvalue weighted by molar-refractivity contribution is -0.158. The fourth-order valence-corrected chi connectivity index (χ4v) is 4.65. The van der Waals surface area contributed by atoms with Gasteiger partial charge in [0, 0.05) is 5.92 Å². The Morgan fingerprint density at radius 2 is 1.96 bits per heavy atom. The van der Waals surface area contributed by atoms with E-state index in [1.807, 2.05) is 0 Å². The lowest BCUT2D eigenvalue weighted by Crippen LogP contribution is -2.44. The van der Waals surface area contributed by atoms with Gasteiger partial charge in [-0.15, -0.1) is 0 Å². The number of amides is 2. The van der Waals surface area contributed by atoms with Crippen LogP contribution in [0.4, 0.5) is 0 Å². The number of hydrazine groups is 1. The third-order valence-corrected chi connectivity index (χ3v) is 5.86. The van der Waals surface area contributed by atoms with Gasteiger partial charge in [0.2, 0.25) is 0 Å². The molecule has 0 spiro atoms. The molecule has 1 aromatic rings. The molecule has 3 aliphatic rings. The number of hydrogen-bond acceptors (Lipinski definition) is 6. The van der Waals surface area contributed by atoms with Crippen molar-refractivity contribution in [2.24, 2.45) is 23.7 Å². The topological polar surface area (TPSA) is 111 Å². The van der Waals surface area contributed by atoms with Crippen LogP contribution >= 0.6 is 11.6 Å². The summed E-state index contributed by atoms with van der Waals surface area (Å²) in [7, 11) is 0. The van der Waals surface area contributed by atoms with E-state index in [0.29, 0.717) is 6.42 Å². The summed E-state index contributed by atoms with van der Waals surface area (Å²) >= 11 is 5.90. The van der Waals surface area contributed by atoms with Crippen molar-refractivity contribution < 1.29 is 28.7 Å². The Labute approximate surface area is 159 Å². The fraction of sp³-hybridized carbons (Fsp3) is 0.444. The van der Waals surface area contributed by atoms with Gasteiger partial charge in [-0.3, -0.25) is 30.0 Å². The van der Waals surface area contributed by atoms with E-state index >= 15 is 0 Å². The second-order valence-corrected chi connectivity index (χ2v) is 7.42. The molecule has 4 rings (SSSR count). The molecule has 1 heterocycles. The Morgan fingerprint density at radius 3 is 2.74 bits per heavy atom. The maximum atomic E-state index is 12.4. The summed E-state index contributed by atoms with van der Waals surface area (Å²) in [4.78, 5) is 48.1. The quantitative estimate of drug-likeness (QED) is 0.580. The minimum atomic E-state index is -0.696. The highest BCUT2D eigenvalue weighted by Gasteiger charge is 2.64. The minimum Gasteiger partial charge on any atom is -0.462 e. The van der Waals surface area contributed by atoms with Crippen LogP contribution in [0, 0.1) is 23.7 Å². The zero-order valence-electron chi connectivity index (χ0n) is 14.1. The molecule has 9 heteroatoms. The second-order valence-electron chi connectivity index (χ2n) is 7.01. The van der Waals surface area contributed by atoms with Gasteiger partial charge >= 0.3 is 11.9 Å². The maximum Gasteiger partial charge on any atom is 0.310 e. The molecule has 3 fully saturated rings. The molecule has 1 aliphatic heterocycles. The number of halogens is 1. The van der Waals surface area contributed by atoms with Crippen LogP contribution in [0.15, 0.2) is 24.3 Å². The first kappa shape index (κ1) is 17.8. The van der Waals surface area contributed by atoms with Crippen molar-refractivity contribution in [2.45, 2.75) is 18.9 Å². The van der Waals surface area contributed by atoms with Crippen LogP contribution in [0.25, 0.3) is 0 Å². The molecule has 27 heavy (non-hydrogen) atoms. The number of carbonyl (C=O) groups is 4. The van der Waals surface area contributed by atoms with Crippen molar-refractivity contribution >= 4 is 35.4 Å². The van der Waals surface area contributed by atoms with Crippen molar-refractivity contribution in [3.63, 3.8) is 0 Å². The maximum absolute atomic E-state index is 12.4. The molecule has 1 aromatic carbocycles. The molecule has 1 saturated heterocycles. The Hall–Kier alpha value is -2.61. The Bertz CT molecular complexity index is 826. The fourth-order valence-electron chi connectivity index (χ4n) is 4.43. The van der Waals surface area contributed by atoms with Gasteiger partial charge in [-0.1, -0.05) is 23.7 Å². The zero-order valence-corrected chi connectivity index (χ0v) is 14.9. The molecular formula is C18H17ClN2O6. The highest BCUT2D eigenvalue weighted by molar-refractivity contribution is 6.33. The predicted molar refractivity (Wildman–Crippen MR) is 91.1 cm³/mol. The predicted octanol–water partition coefficient (Wildman–Crippen LogP) is 0.842. The number of nitrogens with one attached hydrogen (secondary N) is 2. The standard InChI is InChI=1S/C18H17ClN2O6/c19-11-4-2-1-3-9(11)16(23)21-20-13(22)7-26-17(24)14-8-5-10-12(6-8)27-18(25)15(10)14/h1-4,8,10,12,14-15H,5-7H2,(H,20,22)(H,21,23)/t8-,10-,12-,14-,15+/m1/s1. The van der Waals surface area contributed by atoms with Crippen LogP contribution in [0.5, 0.6) is 0 Å². The Balaban J connectivity index is 1.26. The summed E-state index contributed by atoms with van der Waals surface area (Å²) in [5.41, 5.74) is 4.57. The Morgan fingerprint density at radius 1 is 1.19 bits per heavy atom. The first-order valence-electron chi connectivity index (χ1n) is 8.66. The monoisotopic (exact) mass is 392 g/mol.